The Kier molecular flexibility index (Phi) is 15.3. The van der Waals surface area contributed by atoms with Gasteiger partial charge in [-0.05, 0) is 32.4 Å². The summed E-state index contributed by atoms with van der Waals surface area (Å²) in [7, 11) is 0. The topological polar surface area (TPSA) is 23.5 Å². The van der Waals surface area contributed by atoms with Gasteiger partial charge in [-0.25, -0.2) is 0 Å². The molecule has 0 radical (unpaired) electrons. The van der Waals surface area contributed by atoms with Crippen molar-refractivity contribution in [3.8, 4) is 0 Å². The van der Waals surface area contributed by atoms with Crippen molar-refractivity contribution in [2.45, 2.75) is 97.5 Å². The molecule has 122 valence electrons. The van der Waals surface area contributed by atoms with Crippen LogP contribution in [0.5, 0.6) is 0 Å². The fourth-order valence-corrected chi connectivity index (χ4v) is 2.83. The molecule has 0 fully saturated rings. The molecule has 0 amide bonds. The molecule has 0 aliphatic carbocycles. The van der Waals surface area contributed by atoms with Crippen LogP contribution in [-0.4, -0.2) is 35.7 Å². The number of nitrogens with zero attached hydrogens (tertiary/aromatic N) is 1. The normalized spacial score (nSPS) is 13.1. The minimum absolute atomic E-state index is 0.117. The molecule has 2 nitrogen and oxygen atoms in total. The largest absolute Gasteiger partial charge is 0.392 e. The van der Waals surface area contributed by atoms with Crippen LogP contribution in [0.4, 0.5) is 0 Å². The predicted molar refractivity (Wildman–Crippen MR) is 90.3 cm³/mol. The summed E-state index contributed by atoms with van der Waals surface area (Å²) in [5, 5.41) is 10.1. The SMILES string of the molecule is CCCCCCCCCCC(O)CN(CCC)CCC. The van der Waals surface area contributed by atoms with Crippen molar-refractivity contribution in [3.05, 3.63) is 0 Å². The van der Waals surface area contributed by atoms with Crippen LogP contribution in [0.15, 0.2) is 0 Å². The lowest BCUT2D eigenvalue weighted by Gasteiger charge is -2.24. The zero-order chi connectivity index (χ0) is 15.1. The van der Waals surface area contributed by atoms with E-state index in [0.29, 0.717) is 0 Å². The van der Waals surface area contributed by atoms with Gasteiger partial charge >= 0.3 is 0 Å². The summed E-state index contributed by atoms with van der Waals surface area (Å²) >= 11 is 0. The molecule has 0 saturated carbocycles. The molecule has 0 bridgehead atoms. The van der Waals surface area contributed by atoms with Gasteiger partial charge in [0.1, 0.15) is 0 Å². The predicted octanol–water partition coefficient (Wildman–Crippen LogP) is 5.00. The quantitative estimate of drug-likeness (QED) is 0.428. The van der Waals surface area contributed by atoms with Gasteiger partial charge in [-0.15, -0.1) is 0 Å². The van der Waals surface area contributed by atoms with E-state index >= 15 is 0 Å². The summed E-state index contributed by atoms with van der Waals surface area (Å²) < 4.78 is 0. The van der Waals surface area contributed by atoms with Crippen LogP contribution in [0.1, 0.15) is 91.4 Å². The Bertz CT molecular complexity index is 178. The number of aliphatic hydroxyl groups excluding tert-OH is 1. The standard InChI is InChI=1S/C18H39NO/c1-4-7-8-9-10-11-12-13-14-18(20)17-19(15-5-2)16-6-3/h18,20H,4-17H2,1-3H3. The molecule has 0 heterocycles. The molecule has 0 saturated heterocycles. The van der Waals surface area contributed by atoms with Gasteiger partial charge in [-0.1, -0.05) is 72.1 Å². The fraction of sp³-hybridized carbons (Fsp3) is 1.00. The van der Waals surface area contributed by atoms with Gasteiger partial charge in [0.05, 0.1) is 6.10 Å². The lowest BCUT2D eigenvalue weighted by atomic mass is 10.1. The molecule has 2 heteroatoms. The maximum Gasteiger partial charge on any atom is 0.0667 e. The molecule has 0 rings (SSSR count). The van der Waals surface area contributed by atoms with Gasteiger partial charge in [-0.3, -0.25) is 0 Å². The number of aliphatic hydroxyl groups is 1. The Morgan fingerprint density at radius 3 is 1.70 bits per heavy atom. The van der Waals surface area contributed by atoms with E-state index in [0.717, 1.165) is 26.1 Å². The molecule has 1 N–H and O–H groups in total. The van der Waals surface area contributed by atoms with Gasteiger partial charge in [0.2, 0.25) is 0 Å². The van der Waals surface area contributed by atoms with Crippen LogP contribution < -0.4 is 0 Å². The molecule has 0 spiro atoms. The van der Waals surface area contributed by atoms with Gasteiger partial charge in [0.15, 0.2) is 0 Å². The Hall–Kier alpha value is -0.0800. The summed E-state index contributed by atoms with van der Waals surface area (Å²) in [6.07, 6.45) is 14.0. The van der Waals surface area contributed by atoms with Crippen LogP contribution in [0.3, 0.4) is 0 Å². The zero-order valence-electron chi connectivity index (χ0n) is 14.4. The third-order valence-electron chi connectivity index (χ3n) is 3.94. The van der Waals surface area contributed by atoms with E-state index in [4.69, 9.17) is 0 Å². The first-order valence-electron chi connectivity index (χ1n) is 9.14. The second-order valence-electron chi connectivity index (χ2n) is 6.22. The number of hydrogen-bond donors (Lipinski definition) is 1. The molecular weight excluding hydrogens is 246 g/mol. The molecule has 1 unspecified atom stereocenters. The molecular formula is C18H39NO. The summed E-state index contributed by atoms with van der Waals surface area (Å²) in [6.45, 7) is 9.83. The second-order valence-corrected chi connectivity index (χ2v) is 6.22. The van der Waals surface area contributed by atoms with E-state index in [1.54, 1.807) is 0 Å². The van der Waals surface area contributed by atoms with Crippen molar-refractivity contribution in [3.63, 3.8) is 0 Å². The van der Waals surface area contributed by atoms with Gasteiger partial charge < -0.3 is 10.0 Å². The Morgan fingerprint density at radius 2 is 1.20 bits per heavy atom. The third-order valence-corrected chi connectivity index (χ3v) is 3.94. The first kappa shape index (κ1) is 19.9. The number of unbranched alkanes of at least 4 members (excludes halogenated alkanes) is 7. The van der Waals surface area contributed by atoms with Crippen LogP contribution in [0.2, 0.25) is 0 Å². The van der Waals surface area contributed by atoms with Crippen molar-refractivity contribution in [1.29, 1.82) is 0 Å². The maximum atomic E-state index is 10.1. The number of hydrogen-bond acceptors (Lipinski definition) is 2. The van der Waals surface area contributed by atoms with Crippen LogP contribution in [0, 0.1) is 0 Å². The van der Waals surface area contributed by atoms with Crippen LogP contribution >= 0.6 is 0 Å². The smallest absolute Gasteiger partial charge is 0.0667 e. The van der Waals surface area contributed by atoms with Crippen molar-refractivity contribution < 1.29 is 5.11 Å². The zero-order valence-corrected chi connectivity index (χ0v) is 14.4. The van der Waals surface area contributed by atoms with E-state index in [-0.39, 0.29) is 6.10 Å². The highest BCUT2D eigenvalue weighted by Gasteiger charge is 2.09. The van der Waals surface area contributed by atoms with Crippen molar-refractivity contribution in [1.82, 2.24) is 4.90 Å². The molecule has 0 aliphatic heterocycles. The molecule has 0 aromatic rings. The van der Waals surface area contributed by atoms with Gasteiger partial charge in [0.25, 0.3) is 0 Å². The highest BCUT2D eigenvalue weighted by molar-refractivity contribution is 4.64. The maximum absolute atomic E-state index is 10.1. The molecule has 0 aromatic heterocycles. The summed E-state index contributed by atoms with van der Waals surface area (Å²) in [5.74, 6) is 0. The molecule has 0 aromatic carbocycles. The first-order chi connectivity index (χ1) is 9.74. The van der Waals surface area contributed by atoms with Crippen LogP contribution in [-0.2, 0) is 0 Å². The van der Waals surface area contributed by atoms with E-state index < -0.39 is 0 Å². The van der Waals surface area contributed by atoms with E-state index in [1.807, 2.05) is 0 Å². The molecule has 20 heavy (non-hydrogen) atoms. The Labute approximate surface area is 127 Å². The van der Waals surface area contributed by atoms with Crippen molar-refractivity contribution in [2.75, 3.05) is 19.6 Å². The average Bonchev–Trinajstić information content (AvgIpc) is 2.42. The fourth-order valence-electron chi connectivity index (χ4n) is 2.83. The molecule has 1 atom stereocenters. The average molecular weight is 286 g/mol. The van der Waals surface area contributed by atoms with Crippen LogP contribution in [0.25, 0.3) is 0 Å². The third kappa shape index (κ3) is 12.9. The summed E-state index contributed by atoms with van der Waals surface area (Å²) in [5.41, 5.74) is 0. The number of rotatable bonds is 15. The molecule has 0 aliphatic rings. The van der Waals surface area contributed by atoms with Gasteiger partial charge in [-0.2, -0.15) is 0 Å². The Balaban J connectivity index is 3.44. The summed E-state index contributed by atoms with van der Waals surface area (Å²) in [6, 6.07) is 0. The highest BCUT2D eigenvalue weighted by atomic mass is 16.3. The lowest BCUT2D eigenvalue weighted by Crippen LogP contribution is -2.33. The minimum atomic E-state index is -0.117. The van der Waals surface area contributed by atoms with Crippen molar-refractivity contribution in [2.24, 2.45) is 0 Å². The second kappa shape index (κ2) is 15.3. The summed E-state index contributed by atoms with van der Waals surface area (Å²) in [4.78, 5) is 2.41. The highest BCUT2D eigenvalue weighted by Crippen LogP contribution is 2.11. The van der Waals surface area contributed by atoms with E-state index in [1.165, 1.54) is 64.2 Å². The van der Waals surface area contributed by atoms with Gasteiger partial charge in [0, 0.05) is 6.54 Å². The monoisotopic (exact) mass is 285 g/mol. The minimum Gasteiger partial charge on any atom is -0.392 e. The van der Waals surface area contributed by atoms with E-state index in [2.05, 4.69) is 25.7 Å². The first-order valence-corrected chi connectivity index (χ1v) is 9.14. The van der Waals surface area contributed by atoms with E-state index in [9.17, 15) is 5.11 Å². The Morgan fingerprint density at radius 1 is 0.700 bits per heavy atom. The van der Waals surface area contributed by atoms with Crippen molar-refractivity contribution >= 4 is 0 Å². The lowest BCUT2D eigenvalue weighted by molar-refractivity contribution is 0.103.